The molecule has 1 fully saturated rings. The van der Waals surface area contributed by atoms with Gasteiger partial charge in [0.2, 0.25) is 5.91 Å². The molecule has 2 aromatic rings. The number of hydrogen-bond acceptors (Lipinski definition) is 5. The average molecular weight is 464 g/mol. The molecule has 0 aromatic heterocycles. The number of anilines is 1. The zero-order valence-corrected chi connectivity index (χ0v) is 18.2. The first-order chi connectivity index (χ1) is 15.9. The van der Waals surface area contributed by atoms with Crippen molar-refractivity contribution >= 4 is 17.8 Å². The first-order valence-electron chi connectivity index (χ1n) is 10.9. The van der Waals surface area contributed by atoms with Gasteiger partial charge in [-0.3, -0.25) is 4.79 Å². The van der Waals surface area contributed by atoms with Crippen LogP contribution in [0.2, 0.25) is 0 Å². The van der Waals surface area contributed by atoms with Crippen LogP contribution in [0.25, 0.3) is 0 Å². The number of benzene rings is 2. The zero-order valence-electron chi connectivity index (χ0n) is 18.2. The third kappa shape index (κ3) is 8.76. The summed E-state index contributed by atoms with van der Waals surface area (Å²) in [6.45, 7) is 2.52. The van der Waals surface area contributed by atoms with Crippen molar-refractivity contribution in [3.05, 3.63) is 65.2 Å². The van der Waals surface area contributed by atoms with Crippen LogP contribution in [-0.2, 0) is 33.6 Å². The van der Waals surface area contributed by atoms with E-state index in [0.717, 1.165) is 49.4 Å². The molecule has 33 heavy (non-hydrogen) atoms. The molecule has 1 amide bonds. The van der Waals surface area contributed by atoms with E-state index < -0.39 is 11.7 Å². The molecule has 2 N–H and O–H groups in total. The van der Waals surface area contributed by atoms with Crippen molar-refractivity contribution in [2.45, 2.75) is 32.0 Å². The van der Waals surface area contributed by atoms with Crippen molar-refractivity contribution < 1.29 is 27.5 Å². The molecule has 0 bridgehead atoms. The van der Waals surface area contributed by atoms with E-state index >= 15 is 0 Å². The highest BCUT2D eigenvalue weighted by Gasteiger charge is 2.29. The van der Waals surface area contributed by atoms with Crippen molar-refractivity contribution in [2.75, 3.05) is 31.6 Å². The molecule has 3 rings (SSSR count). The van der Waals surface area contributed by atoms with Crippen LogP contribution in [0.4, 0.5) is 18.9 Å². The first-order valence-corrected chi connectivity index (χ1v) is 10.9. The molecule has 0 saturated carbocycles. The molecule has 1 aliphatic heterocycles. The fourth-order valence-electron chi connectivity index (χ4n) is 3.31. The second-order valence-electron chi connectivity index (χ2n) is 7.87. The largest absolute Gasteiger partial charge is 0.416 e. The van der Waals surface area contributed by atoms with Gasteiger partial charge >= 0.3 is 6.18 Å². The standard InChI is InChI=1S/C24H28F3N3O3/c25-24(26,27)21-5-1-20(2-6-21)17-33-30-12-9-18-3-7-22(8-4-18)28-16-23(31)29-15-19-10-13-32-14-11-19/h1-8,12,19,28H,9-11,13-17H2,(H,29,31). The molecular weight excluding hydrogens is 435 g/mol. The molecule has 0 atom stereocenters. The van der Waals surface area contributed by atoms with Gasteiger partial charge in [-0.25, -0.2) is 0 Å². The summed E-state index contributed by atoms with van der Waals surface area (Å²) in [4.78, 5) is 17.2. The maximum atomic E-state index is 12.6. The van der Waals surface area contributed by atoms with Crippen molar-refractivity contribution in [1.82, 2.24) is 5.32 Å². The number of carbonyl (C=O) groups is 1. The Hall–Kier alpha value is -3.07. The number of alkyl halides is 3. The van der Waals surface area contributed by atoms with Crippen LogP contribution in [0.15, 0.2) is 53.7 Å². The molecular formula is C24H28F3N3O3. The lowest BCUT2D eigenvalue weighted by Gasteiger charge is -2.22. The van der Waals surface area contributed by atoms with Gasteiger partial charge in [0.25, 0.3) is 0 Å². The summed E-state index contributed by atoms with van der Waals surface area (Å²) in [7, 11) is 0. The van der Waals surface area contributed by atoms with Crippen molar-refractivity contribution in [3.8, 4) is 0 Å². The highest BCUT2D eigenvalue weighted by Crippen LogP contribution is 2.29. The SMILES string of the molecule is O=C(CNc1ccc(CC=NOCc2ccc(C(F)(F)F)cc2)cc1)NCC1CCOCC1. The van der Waals surface area contributed by atoms with Crippen LogP contribution >= 0.6 is 0 Å². The minimum Gasteiger partial charge on any atom is -0.391 e. The van der Waals surface area contributed by atoms with Crippen LogP contribution in [0.1, 0.15) is 29.5 Å². The van der Waals surface area contributed by atoms with Crippen LogP contribution in [-0.4, -0.2) is 38.4 Å². The Labute approximate surface area is 191 Å². The Morgan fingerprint density at radius 3 is 2.39 bits per heavy atom. The fourth-order valence-corrected chi connectivity index (χ4v) is 3.31. The van der Waals surface area contributed by atoms with E-state index in [-0.39, 0.29) is 19.1 Å². The summed E-state index contributed by atoms with van der Waals surface area (Å²) in [5.74, 6) is 0.449. The molecule has 0 aliphatic carbocycles. The topological polar surface area (TPSA) is 72.0 Å². The second-order valence-corrected chi connectivity index (χ2v) is 7.87. The monoisotopic (exact) mass is 463 g/mol. The van der Waals surface area contributed by atoms with Gasteiger partial charge in [0.05, 0.1) is 12.1 Å². The van der Waals surface area contributed by atoms with Gasteiger partial charge in [0, 0.05) is 38.1 Å². The summed E-state index contributed by atoms with van der Waals surface area (Å²) in [6.07, 6.45) is -0.244. The van der Waals surface area contributed by atoms with Crippen molar-refractivity contribution in [1.29, 1.82) is 0 Å². The third-order valence-corrected chi connectivity index (χ3v) is 5.32. The van der Waals surface area contributed by atoms with Crippen LogP contribution < -0.4 is 10.6 Å². The number of hydrogen-bond donors (Lipinski definition) is 2. The summed E-state index contributed by atoms with van der Waals surface area (Å²) < 4.78 is 43.0. The van der Waals surface area contributed by atoms with E-state index in [2.05, 4.69) is 15.8 Å². The maximum Gasteiger partial charge on any atom is 0.416 e. The molecule has 1 aliphatic rings. The lowest BCUT2D eigenvalue weighted by atomic mass is 10.0. The number of carbonyl (C=O) groups excluding carboxylic acids is 1. The van der Waals surface area contributed by atoms with E-state index in [1.54, 1.807) is 6.21 Å². The average Bonchev–Trinajstić information content (AvgIpc) is 2.82. The van der Waals surface area contributed by atoms with Gasteiger partial charge in [-0.15, -0.1) is 0 Å². The van der Waals surface area contributed by atoms with E-state index in [1.165, 1.54) is 12.1 Å². The minimum absolute atomic E-state index is 0.0390. The molecule has 178 valence electrons. The molecule has 0 radical (unpaired) electrons. The van der Waals surface area contributed by atoms with Crippen molar-refractivity contribution in [2.24, 2.45) is 11.1 Å². The normalized spacial score (nSPS) is 14.9. The molecule has 1 saturated heterocycles. The number of rotatable bonds is 10. The second kappa shape index (κ2) is 12.2. The molecule has 1 heterocycles. The fraction of sp³-hybridized carbons (Fsp3) is 0.417. The van der Waals surface area contributed by atoms with Gasteiger partial charge in [-0.05, 0) is 54.2 Å². The van der Waals surface area contributed by atoms with E-state index in [4.69, 9.17) is 9.57 Å². The predicted molar refractivity (Wildman–Crippen MR) is 120 cm³/mol. The Balaban J connectivity index is 1.32. The minimum atomic E-state index is -4.35. The number of ether oxygens (including phenoxy) is 1. The summed E-state index contributed by atoms with van der Waals surface area (Å²) in [5.41, 5.74) is 1.76. The van der Waals surface area contributed by atoms with E-state index in [1.807, 2.05) is 24.3 Å². The first kappa shape index (κ1) is 24.6. The highest BCUT2D eigenvalue weighted by molar-refractivity contribution is 5.80. The number of oxime groups is 1. The van der Waals surface area contributed by atoms with Gasteiger partial charge < -0.3 is 20.2 Å². The number of nitrogens with one attached hydrogen (secondary N) is 2. The number of amides is 1. The molecule has 6 nitrogen and oxygen atoms in total. The van der Waals surface area contributed by atoms with Crippen LogP contribution in [0.5, 0.6) is 0 Å². The number of halogens is 3. The molecule has 9 heteroatoms. The van der Waals surface area contributed by atoms with Crippen LogP contribution in [0, 0.1) is 5.92 Å². The lowest BCUT2D eigenvalue weighted by molar-refractivity contribution is -0.137. The lowest BCUT2D eigenvalue weighted by Crippen LogP contribution is -2.35. The maximum absolute atomic E-state index is 12.6. The molecule has 2 aromatic carbocycles. The Morgan fingerprint density at radius 1 is 1.06 bits per heavy atom. The highest BCUT2D eigenvalue weighted by atomic mass is 19.4. The quantitative estimate of drug-likeness (QED) is 0.405. The van der Waals surface area contributed by atoms with E-state index in [0.29, 0.717) is 24.4 Å². The summed E-state index contributed by atoms with van der Waals surface area (Å²) >= 11 is 0. The van der Waals surface area contributed by atoms with E-state index in [9.17, 15) is 18.0 Å². The van der Waals surface area contributed by atoms with Gasteiger partial charge in [0.1, 0.15) is 6.61 Å². The Kier molecular flexibility index (Phi) is 9.12. The summed E-state index contributed by atoms with van der Waals surface area (Å²) in [6, 6.07) is 12.4. The van der Waals surface area contributed by atoms with Gasteiger partial charge in [0.15, 0.2) is 0 Å². The third-order valence-electron chi connectivity index (χ3n) is 5.32. The smallest absolute Gasteiger partial charge is 0.391 e. The number of nitrogens with zero attached hydrogens (tertiary/aromatic N) is 1. The molecule has 0 spiro atoms. The Bertz CT molecular complexity index is 894. The molecule has 0 unspecified atom stereocenters. The Morgan fingerprint density at radius 2 is 1.73 bits per heavy atom. The summed E-state index contributed by atoms with van der Waals surface area (Å²) in [5, 5.41) is 9.91. The van der Waals surface area contributed by atoms with Crippen molar-refractivity contribution in [3.63, 3.8) is 0 Å². The predicted octanol–water partition coefficient (Wildman–Crippen LogP) is 4.41. The van der Waals surface area contributed by atoms with Crippen LogP contribution in [0.3, 0.4) is 0 Å². The van der Waals surface area contributed by atoms with Gasteiger partial charge in [-0.2, -0.15) is 13.2 Å². The zero-order chi connectivity index (χ0) is 23.5. The van der Waals surface area contributed by atoms with Gasteiger partial charge in [-0.1, -0.05) is 29.4 Å².